The Bertz CT molecular complexity index is 615. The molecule has 1 saturated heterocycles. The van der Waals surface area contributed by atoms with Crippen LogP contribution in [0.15, 0.2) is 24.3 Å². The summed E-state index contributed by atoms with van der Waals surface area (Å²) in [4.78, 5) is 27.1. The number of amides is 1. The zero-order chi connectivity index (χ0) is 17.9. The van der Waals surface area contributed by atoms with E-state index in [2.05, 4.69) is 0 Å². The van der Waals surface area contributed by atoms with E-state index in [1.165, 1.54) is 4.90 Å². The lowest BCUT2D eigenvalue weighted by atomic mass is 10.1. The number of aliphatic carboxylic acids is 1. The van der Waals surface area contributed by atoms with Gasteiger partial charge in [-0.1, -0.05) is 29.8 Å². The van der Waals surface area contributed by atoms with Crippen molar-refractivity contribution in [2.24, 2.45) is 0 Å². The first kappa shape index (κ1) is 18.5. The number of nitrogens with zero attached hydrogens (tertiary/aromatic N) is 2. The Morgan fingerprint density at radius 3 is 2.54 bits per heavy atom. The molecule has 0 spiro atoms. The molecule has 0 unspecified atom stereocenters. The monoisotopic (exact) mass is 354 g/mol. The molecule has 7 heteroatoms. The van der Waals surface area contributed by atoms with Crippen LogP contribution in [-0.2, 0) is 16.1 Å². The maximum atomic E-state index is 12.2. The van der Waals surface area contributed by atoms with Crippen molar-refractivity contribution < 1.29 is 19.4 Å². The number of carboxylic acid groups (broad SMARTS) is 1. The standard InChI is InChI=1S/C17H23ClN2O4/c1-17(2,3)24-16(23)20-9-8-19(14(11-20)15(21)22)10-12-6-4-5-7-13(12)18/h4-7,14H,8-11H2,1-3H3,(H,21,22)/t14-/m1/s1. The minimum absolute atomic E-state index is 0.0920. The highest BCUT2D eigenvalue weighted by atomic mass is 35.5. The predicted molar refractivity (Wildman–Crippen MR) is 91.1 cm³/mol. The molecule has 1 fully saturated rings. The smallest absolute Gasteiger partial charge is 0.410 e. The summed E-state index contributed by atoms with van der Waals surface area (Å²) in [5, 5.41) is 10.1. The van der Waals surface area contributed by atoms with Gasteiger partial charge in [0.15, 0.2) is 0 Å². The van der Waals surface area contributed by atoms with Crippen LogP contribution in [-0.4, -0.2) is 58.2 Å². The SMILES string of the molecule is CC(C)(C)OC(=O)N1CCN(Cc2ccccc2Cl)[C@@H](C(=O)O)C1. The highest BCUT2D eigenvalue weighted by Crippen LogP contribution is 2.21. The Labute approximate surface area is 146 Å². The van der Waals surface area contributed by atoms with Gasteiger partial charge in [0, 0.05) is 24.7 Å². The van der Waals surface area contributed by atoms with Crippen LogP contribution in [0, 0.1) is 0 Å². The summed E-state index contributed by atoms with van der Waals surface area (Å²) in [6.45, 7) is 6.74. The molecular formula is C17H23ClN2O4. The summed E-state index contributed by atoms with van der Waals surface area (Å²) in [6, 6.07) is 6.57. The van der Waals surface area contributed by atoms with Gasteiger partial charge in [0.1, 0.15) is 11.6 Å². The van der Waals surface area contributed by atoms with Crippen molar-refractivity contribution in [2.45, 2.75) is 39.0 Å². The molecule has 1 atom stereocenters. The molecule has 132 valence electrons. The highest BCUT2D eigenvalue weighted by molar-refractivity contribution is 6.31. The van der Waals surface area contributed by atoms with Gasteiger partial charge in [-0.3, -0.25) is 9.69 Å². The number of benzene rings is 1. The number of rotatable bonds is 3. The first-order chi connectivity index (χ1) is 11.2. The second kappa shape index (κ2) is 7.40. The molecule has 1 N–H and O–H groups in total. The number of carboxylic acids is 1. The molecule has 0 radical (unpaired) electrons. The van der Waals surface area contributed by atoms with Gasteiger partial charge in [0.2, 0.25) is 0 Å². The largest absolute Gasteiger partial charge is 0.480 e. The van der Waals surface area contributed by atoms with E-state index in [1.54, 1.807) is 26.8 Å². The number of hydrogen-bond donors (Lipinski definition) is 1. The van der Waals surface area contributed by atoms with Gasteiger partial charge in [-0.05, 0) is 32.4 Å². The molecule has 0 saturated carbocycles. The molecule has 1 aliphatic heterocycles. The Morgan fingerprint density at radius 1 is 1.29 bits per heavy atom. The van der Waals surface area contributed by atoms with Gasteiger partial charge < -0.3 is 14.7 Å². The van der Waals surface area contributed by atoms with Gasteiger partial charge in [0.25, 0.3) is 0 Å². The van der Waals surface area contributed by atoms with E-state index in [0.717, 1.165) is 5.56 Å². The quantitative estimate of drug-likeness (QED) is 0.903. The van der Waals surface area contributed by atoms with Gasteiger partial charge in [0.05, 0.1) is 6.54 Å². The lowest BCUT2D eigenvalue weighted by molar-refractivity contribution is -0.145. The van der Waals surface area contributed by atoms with Crippen LogP contribution in [0.2, 0.25) is 5.02 Å². The third-order valence-corrected chi connectivity index (χ3v) is 4.13. The van der Waals surface area contributed by atoms with Crippen molar-refractivity contribution in [3.63, 3.8) is 0 Å². The van der Waals surface area contributed by atoms with Crippen molar-refractivity contribution >= 4 is 23.7 Å². The van der Waals surface area contributed by atoms with E-state index in [-0.39, 0.29) is 6.54 Å². The molecule has 0 bridgehead atoms. The van der Waals surface area contributed by atoms with E-state index < -0.39 is 23.7 Å². The average molecular weight is 355 g/mol. The van der Waals surface area contributed by atoms with Crippen LogP contribution in [0.5, 0.6) is 0 Å². The maximum absolute atomic E-state index is 12.2. The number of carbonyl (C=O) groups is 2. The minimum atomic E-state index is -0.963. The van der Waals surface area contributed by atoms with Gasteiger partial charge in [-0.15, -0.1) is 0 Å². The topological polar surface area (TPSA) is 70.1 Å². The predicted octanol–water partition coefficient (Wildman–Crippen LogP) is 2.85. The van der Waals surface area contributed by atoms with Crippen LogP contribution >= 0.6 is 11.6 Å². The van der Waals surface area contributed by atoms with Crippen molar-refractivity contribution in [1.29, 1.82) is 0 Å². The summed E-state index contributed by atoms with van der Waals surface area (Å²) < 4.78 is 5.33. The van der Waals surface area contributed by atoms with Crippen molar-refractivity contribution in [1.82, 2.24) is 9.80 Å². The van der Waals surface area contributed by atoms with E-state index >= 15 is 0 Å². The normalized spacial score (nSPS) is 19.2. The molecule has 1 aromatic carbocycles. The zero-order valence-electron chi connectivity index (χ0n) is 14.2. The van der Waals surface area contributed by atoms with Crippen molar-refractivity contribution in [2.75, 3.05) is 19.6 Å². The molecule has 2 rings (SSSR count). The van der Waals surface area contributed by atoms with Gasteiger partial charge in [-0.2, -0.15) is 0 Å². The number of halogens is 1. The van der Waals surface area contributed by atoms with Gasteiger partial charge >= 0.3 is 12.1 Å². The van der Waals surface area contributed by atoms with Crippen molar-refractivity contribution in [3.05, 3.63) is 34.9 Å². The molecular weight excluding hydrogens is 332 g/mol. The van der Waals surface area contributed by atoms with Crippen LogP contribution < -0.4 is 0 Å². The number of carbonyl (C=O) groups excluding carboxylic acids is 1. The number of hydrogen-bond acceptors (Lipinski definition) is 4. The summed E-state index contributed by atoms with van der Waals surface area (Å²) in [6.07, 6.45) is -0.480. The molecule has 6 nitrogen and oxygen atoms in total. The second-order valence-electron chi connectivity index (χ2n) is 6.84. The van der Waals surface area contributed by atoms with Crippen molar-refractivity contribution in [3.8, 4) is 0 Å². The Balaban J connectivity index is 2.07. The van der Waals surface area contributed by atoms with E-state index in [9.17, 15) is 14.7 Å². The molecule has 0 aromatic heterocycles. The van der Waals surface area contributed by atoms with Crippen LogP contribution in [0.3, 0.4) is 0 Å². The van der Waals surface area contributed by atoms with E-state index in [0.29, 0.717) is 24.7 Å². The van der Waals surface area contributed by atoms with E-state index in [1.807, 2.05) is 23.1 Å². The van der Waals surface area contributed by atoms with E-state index in [4.69, 9.17) is 16.3 Å². The lowest BCUT2D eigenvalue weighted by Crippen LogP contribution is -2.57. The van der Waals surface area contributed by atoms with Crippen LogP contribution in [0.25, 0.3) is 0 Å². The highest BCUT2D eigenvalue weighted by Gasteiger charge is 2.36. The summed E-state index contributed by atoms with van der Waals surface area (Å²) in [5.74, 6) is -0.963. The Kier molecular flexibility index (Phi) is 5.72. The minimum Gasteiger partial charge on any atom is -0.480 e. The Hall–Kier alpha value is -1.79. The zero-order valence-corrected chi connectivity index (χ0v) is 14.9. The second-order valence-corrected chi connectivity index (χ2v) is 7.25. The van der Waals surface area contributed by atoms with Gasteiger partial charge in [-0.25, -0.2) is 4.79 Å². The van der Waals surface area contributed by atoms with Crippen LogP contribution in [0.4, 0.5) is 4.79 Å². The van der Waals surface area contributed by atoms with Crippen LogP contribution in [0.1, 0.15) is 26.3 Å². The number of ether oxygens (including phenoxy) is 1. The first-order valence-corrected chi connectivity index (χ1v) is 8.23. The fourth-order valence-electron chi connectivity index (χ4n) is 2.58. The average Bonchev–Trinajstić information content (AvgIpc) is 2.48. The lowest BCUT2D eigenvalue weighted by Gasteiger charge is -2.39. The molecule has 1 aliphatic rings. The molecule has 1 heterocycles. The maximum Gasteiger partial charge on any atom is 0.410 e. The summed E-state index contributed by atoms with van der Waals surface area (Å²) in [7, 11) is 0. The summed E-state index contributed by atoms with van der Waals surface area (Å²) in [5.41, 5.74) is 0.265. The third-order valence-electron chi connectivity index (χ3n) is 3.76. The first-order valence-electron chi connectivity index (χ1n) is 7.85. The fraction of sp³-hybridized carbons (Fsp3) is 0.529. The third kappa shape index (κ3) is 4.85. The molecule has 1 aromatic rings. The number of piperazine rings is 1. The molecule has 0 aliphatic carbocycles. The fourth-order valence-corrected chi connectivity index (χ4v) is 2.78. The molecule has 1 amide bonds. The Morgan fingerprint density at radius 2 is 1.96 bits per heavy atom. The summed E-state index contributed by atoms with van der Waals surface area (Å²) >= 11 is 6.16. The molecule has 24 heavy (non-hydrogen) atoms.